The summed E-state index contributed by atoms with van der Waals surface area (Å²) in [6.07, 6.45) is 2.95. The van der Waals surface area contributed by atoms with E-state index in [-0.39, 0.29) is 17.6 Å². The molecule has 1 heterocycles. The molecule has 1 saturated carbocycles. The third-order valence-corrected chi connectivity index (χ3v) is 6.70. The van der Waals surface area contributed by atoms with Gasteiger partial charge in [0.1, 0.15) is 6.10 Å². The van der Waals surface area contributed by atoms with Crippen molar-refractivity contribution >= 4 is 23.5 Å². The summed E-state index contributed by atoms with van der Waals surface area (Å²) in [5.74, 6) is 0.101. The summed E-state index contributed by atoms with van der Waals surface area (Å²) in [7, 11) is 0. The van der Waals surface area contributed by atoms with Gasteiger partial charge in [-0.1, -0.05) is 45.4 Å². The maximum absolute atomic E-state index is 13.1. The van der Waals surface area contributed by atoms with Gasteiger partial charge in [-0.15, -0.1) is 0 Å². The van der Waals surface area contributed by atoms with E-state index in [0.717, 1.165) is 24.8 Å². The Morgan fingerprint density at radius 1 is 1.03 bits per heavy atom. The summed E-state index contributed by atoms with van der Waals surface area (Å²) in [4.78, 5) is 40.1. The molecule has 1 fully saturated rings. The molecule has 31 heavy (non-hydrogen) atoms. The van der Waals surface area contributed by atoms with Crippen molar-refractivity contribution in [2.75, 3.05) is 4.90 Å². The van der Waals surface area contributed by atoms with Crippen molar-refractivity contribution in [2.45, 2.75) is 53.1 Å². The summed E-state index contributed by atoms with van der Waals surface area (Å²) in [6, 6.07) is 11.9. The zero-order chi connectivity index (χ0) is 22.3. The van der Waals surface area contributed by atoms with Crippen molar-refractivity contribution in [1.29, 1.82) is 0 Å². The fraction of sp³-hybridized carbons (Fsp3) is 0.423. The molecule has 0 saturated heterocycles. The summed E-state index contributed by atoms with van der Waals surface area (Å²) in [5, 5.41) is 0. The summed E-state index contributed by atoms with van der Waals surface area (Å²) in [6.45, 7) is 8.39. The molecule has 5 heteroatoms. The molecule has 0 radical (unpaired) electrons. The summed E-state index contributed by atoms with van der Waals surface area (Å²) in [5.41, 5.74) is 2.28. The van der Waals surface area contributed by atoms with Crippen molar-refractivity contribution in [3.05, 3.63) is 64.7 Å². The monoisotopic (exact) mass is 419 g/mol. The third-order valence-electron chi connectivity index (χ3n) is 6.70. The second kappa shape index (κ2) is 8.29. The fourth-order valence-electron chi connectivity index (χ4n) is 4.86. The number of amides is 2. The normalized spacial score (nSPS) is 23.3. The molecule has 1 aliphatic carbocycles. The van der Waals surface area contributed by atoms with Gasteiger partial charge in [-0.3, -0.25) is 9.59 Å². The van der Waals surface area contributed by atoms with E-state index in [1.165, 1.54) is 11.0 Å². The van der Waals surface area contributed by atoms with E-state index < -0.39 is 11.9 Å². The minimum atomic E-state index is -0.429. The molecule has 2 aromatic rings. The van der Waals surface area contributed by atoms with Gasteiger partial charge >= 0.3 is 5.97 Å². The lowest BCUT2D eigenvalue weighted by Crippen LogP contribution is -2.35. The molecule has 0 spiro atoms. The first-order valence-electron chi connectivity index (χ1n) is 11.1. The van der Waals surface area contributed by atoms with Gasteiger partial charge in [0.2, 0.25) is 0 Å². The van der Waals surface area contributed by atoms with Crippen LogP contribution in [0.3, 0.4) is 0 Å². The van der Waals surface area contributed by atoms with Crippen molar-refractivity contribution in [2.24, 2.45) is 17.8 Å². The smallest absolute Gasteiger partial charge is 0.338 e. The highest BCUT2D eigenvalue weighted by molar-refractivity contribution is 6.34. The van der Waals surface area contributed by atoms with Crippen molar-refractivity contribution < 1.29 is 19.1 Å². The van der Waals surface area contributed by atoms with Crippen LogP contribution in [0.25, 0.3) is 0 Å². The maximum Gasteiger partial charge on any atom is 0.338 e. The van der Waals surface area contributed by atoms with Gasteiger partial charge in [-0.2, -0.15) is 0 Å². The van der Waals surface area contributed by atoms with Gasteiger partial charge in [0.15, 0.2) is 0 Å². The second-order valence-corrected chi connectivity index (χ2v) is 9.26. The Labute approximate surface area is 183 Å². The minimum Gasteiger partial charge on any atom is -0.458 e. The average Bonchev–Trinajstić information content (AvgIpc) is 2.98. The maximum atomic E-state index is 13.1. The van der Waals surface area contributed by atoms with E-state index >= 15 is 0 Å². The lowest BCUT2D eigenvalue weighted by Gasteiger charge is -2.36. The second-order valence-electron chi connectivity index (χ2n) is 9.26. The molecule has 0 bridgehead atoms. The van der Waals surface area contributed by atoms with Crippen LogP contribution in [-0.4, -0.2) is 23.9 Å². The molecule has 3 atom stereocenters. The number of hydrogen-bond donors (Lipinski definition) is 0. The Bertz CT molecular complexity index is 1040. The molecular weight excluding hydrogens is 390 g/mol. The van der Waals surface area contributed by atoms with Crippen LogP contribution in [0.15, 0.2) is 42.5 Å². The Hall–Kier alpha value is -2.95. The number of rotatable bonds is 4. The molecule has 0 unspecified atom stereocenters. The lowest BCUT2D eigenvalue weighted by atomic mass is 9.75. The Morgan fingerprint density at radius 2 is 1.74 bits per heavy atom. The molecule has 2 amide bonds. The number of ether oxygens (including phenoxy) is 1. The van der Waals surface area contributed by atoms with Gasteiger partial charge in [0, 0.05) is 0 Å². The number of carbonyl (C=O) groups is 3. The third kappa shape index (κ3) is 3.89. The number of para-hydroxylation sites is 1. The van der Waals surface area contributed by atoms with E-state index in [0.29, 0.717) is 34.6 Å². The number of esters is 1. The van der Waals surface area contributed by atoms with Crippen LogP contribution in [0, 0.1) is 24.7 Å². The van der Waals surface area contributed by atoms with E-state index in [1.54, 1.807) is 24.3 Å². The highest BCUT2D eigenvalue weighted by Crippen LogP contribution is 2.36. The van der Waals surface area contributed by atoms with E-state index in [9.17, 15) is 14.4 Å². The van der Waals surface area contributed by atoms with Crippen LogP contribution in [0.4, 0.5) is 5.69 Å². The standard InChI is InChI=1S/C26H29NO4/c1-15(2)19-11-9-16(3)13-23(19)31-26(30)18-10-12-20-21(14-18)25(29)27(24(20)28)22-8-6-5-7-17(22)4/h5-8,10,12,14-16,19,23H,9,11,13H2,1-4H3/t16-,19-,23-/m0/s1. The molecule has 0 aromatic heterocycles. The quantitative estimate of drug-likeness (QED) is 0.491. The topological polar surface area (TPSA) is 63.7 Å². The van der Waals surface area contributed by atoms with Crippen LogP contribution in [0.2, 0.25) is 0 Å². The fourth-order valence-corrected chi connectivity index (χ4v) is 4.86. The number of carbonyl (C=O) groups excluding carboxylic acids is 3. The van der Waals surface area contributed by atoms with Crippen LogP contribution < -0.4 is 4.90 Å². The van der Waals surface area contributed by atoms with Crippen LogP contribution in [-0.2, 0) is 4.74 Å². The number of anilines is 1. The Balaban J connectivity index is 1.58. The minimum absolute atomic E-state index is 0.120. The molecule has 5 nitrogen and oxygen atoms in total. The first kappa shape index (κ1) is 21.3. The largest absolute Gasteiger partial charge is 0.458 e. The number of imide groups is 1. The van der Waals surface area contributed by atoms with Gasteiger partial charge < -0.3 is 4.74 Å². The molecule has 2 aromatic carbocycles. The number of benzene rings is 2. The Kier molecular flexibility index (Phi) is 5.69. The van der Waals surface area contributed by atoms with E-state index in [4.69, 9.17) is 4.74 Å². The van der Waals surface area contributed by atoms with Crippen LogP contribution >= 0.6 is 0 Å². The molecule has 2 aliphatic rings. The van der Waals surface area contributed by atoms with Crippen molar-refractivity contribution in [1.82, 2.24) is 0 Å². The Morgan fingerprint density at radius 3 is 2.45 bits per heavy atom. The highest BCUT2D eigenvalue weighted by Gasteiger charge is 2.38. The zero-order valence-corrected chi connectivity index (χ0v) is 18.6. The van der Waals surface area contributed by atoms with Gasteiger partial charge in [-0.05, 0) is 67.3 Å². The zero-order valence-electron chi connectivity index (χ0n) is 18.6. The number of aryl methyl sites for hydroxylation is 1. The summed E-state index contributed by atoms with van der Waals surface area (Å²) >= 11 is 0. The predicted molar refractivity (Wildman–Crippen MR) is 119 cm³/mol. The average molecular weight is 420 g/mol. The number of hydrogen-bond acceptors (Lipinski definition) is 4. The molecule has 0 N–H and O–H groups in total. The molecular formula is C26H29NO4. The first-order chi connectivity index (χ1) is 14.8. The van der Waals surface area contributed by atoms with Gasteiger partial charge in [0.05, 0.1) is 22.4 Å². The number of nitrogens with zero attached hydrogens (tertiary/aromatic N) is 1. The van der Waals surface area contributed by atoms with E-state index in [1.807, 2.05) is 19.1 Å². The predicted octanol–water partition coefficient (Wildman–Crippen LogP) is 5.41. The van der Waals surface area contributed by atoms with Crippen LogP contribution in [0.1, 0.15) is 76.7 Å². The number of fused-ring (bicyclic) bond motifs is 1. The van der Waals surface area contributed by atoms with Gasteiger partial charge in [0.25, 0.3) is 11.8 Å². The molecule has 4 rings (SSSR count). The first-order valence-corrected chi connectivity index (χ1v) is 11.1. The van der Waals surface area contributed by atoms with Gasteiger partial charge in [-0.25, -0.2) is 9.69 Å². The van der Waals surface area contributed by atoms with Crippen molar-refractivity contribution in [3.8, 4) is 0 Å². The highest BCUT2D eigenvalue weighted by atomic mass is 16.5. The summed E-state index contributed by atoms with van der Waals surface area (Å²) < 4.78 is 5.93. The van der Waals surface area contributed by atoms with E-state index in [2.05, 4.69) is 20.8 Å². The molecule has 1 aliphatic heterocycles. The van der Waals surface area contributed by atoms with Crippen molar-refractivity contribution in [3.63, 3.8) is 0 Å². The lowest BCUT2D eigenvalue weighted by molar-refractivity contribution is -0.0174. The van der Waals surface area contributed by atoms with Crippen LogP contribution in [0.5, 0.6) is 0 Å². The SMILES string of the molecule is Cc1ccccc1N1C(=O)c2ccc(C(=O)O[C@H]3C[C@@H](C)CC[C@H]3C(C)C)cc2C1=O. The molecule has 162 valence electrons.